The summed E-state index contributed by atoms with van der Waals surface area (Å²) < 4.78 is 26.6. The molecular formula is C8H13N3O4S. The van der Waals surface area contributed by atoms with Crippen molar-refractivity contribution in [1.82, 2.24) is 9.97 Å². The summed E-state index contributed by atoms with van der Waals surface area (Å²) in [5, 5.41) is -0.139. The monoisotopic (exact) mass is 247 g/mol. The van der Waals surface area contributed by atoms with Crippen LogP contribution >= 0.6 is 0 Å². The number of esters is 1. The number of aromatic nitrogens is 2. The van der Waals surface area contributed by atoms with Crippen LogP contribution in [0.15, 0.2) is 11.4 Å². The lowest BCUT2D eigenvalue weighted by molar-refractivity contribution is -0.142. The molecule has 0 fully saturated rings. The van der Waals surface area contributed by atoms with E-state index in [1.807, 2.05) is 0 Å². The normalized spacial score (nSPS) is 13.4. The molecule has 0 saturated carbocycles. The lowest BCUT2D eigenvalue weighted by Gasteiger charge is -2.06. The third-order valence-corrected chi connectivity index (χ3v) is 2.80. The Bertz CT molecular complexity index is 479. The van der Waals surface area contributed by atoms with Crippen molar-refractivity contribution in [3.05, 3.63) is 11.9 Å². The molecule has 0 saturated heterocycles. The first-order valence-corrected chi connectivity index (χ1v) is 6.31. The zero-order chi connectivity index (χ0) is 12.3. The number of aromatic amines is 1. The summed E-state index contributed by atoms with van der Waals surface area (Å²) in [5.74, 6) is -0.566. The van der Waals surface area contributed by atoms with Gasteiger partial charge in [0, 0.05) is 18.9 Å². The predicted octanol–water partition coefficient (Wildman–Crippen LogP) is -1.14. The lowest BCUT2D eigenvalue weighted by Crippen LogP contribution is -2.33. The van der Waals surface area contributed by atoms with Gasteiger partial charge in [-0.3, -0.25) is 4.79 Å². The van der Waals surface area contributed by atoms with E-state index in [-0.39, 0.29) is 11.6 Å². The van der Waals surface area contributed by atoms with Crippen LogP contribution in [0.1, 0.15) is 5.69 Å². The van der Waals surface area contributed by atoms with Crippen LogP contribution in [0.5, 0.6) is 0 Å². The van der Waals surface area contributed by atoms with Gasteiger partial charge in [-0.25, -0.2) is 13.4 Å². The zero-order valence-electron chi connectivity index (χ0n) is 8.93. The molecule has 16 heavy (non-hydrogen) atoms. The summed E-state index contributed by atoms with van der Waals surface area (Å²) in [6.07, 6.45) is 2.56. The molecule has 0 bridgehead atoms. The molecule has 1 aromatic heterocycles. The third kappa shape index (κ3) is 3.04. The number of nitrogens with one attached hydrogen (secondary N) is 1. The minimum atomic E-state index is -3.37. The van der Waals surface area contributed by atoms with Crippen molar-refractivity contribution in [3.8, 4) is 0 Å². The van der Waals surface area contributed by atoms with Crippen molar-refractivity contribution < 1.29 is 17.9 Å². The summed E-state index contributed by atoms with van der Waals surface area (Å²) in [4.78, 5) is 17.3. The van der Waals surface area contributed by atoms with Gasteiger partial charge in [0.05, 0.1) is 12.8 Å². The van der Waals surface area contributed by atoms with Gasteiger partial charge in [-0.15, -0.1) is 0 Å². The van der Waals surface area contributed by atoms with Gasteiger partial charge in [-0.2, -0.15) is 0 Å². The van der Waals surface area contributed by atoms with Crippen LogP contribution in [0, 0.1) is 0 Å². The van der Waals surface area contributed by atoms with E-state index in [0.29, 0.717) is 5.69 Å². The van der Waals surface area contributed by atoms with E-state index in [4.69, 9.17) is 5.73 Å². The minimum absolute atomic E-state index is 0.124. The van der Waals surface area contributed by atoms with Crippen molar-refractivity contribution in [2.24, 2.45) is 5.73 Å². The van der Waals surface area contributed by atoms with E-state index < -0.39 is 21.8 Å². The first kappa shape index (κ1) is 12.7. The molecule has 0 aliphatic heterocycles. The number of hydrogen-bond acceptors (Lipinski definition) is 6. The SMILES string of the molecule is COC(=O)[C@@H](N)Cc1c[nH]c(S(C)(=O)=O)n1. The van der Waals surface area contributed by atoms with Crippen LogP contribution in [0.2, 0.25) is 0 Å². The molecule has 1 heterocycles. The van der Waals surface area contributed by atoms with Crippen molar-refractivity contribution in [1.29, 1.82) is 0 Å². The molecule has 1 rings (SSSR count). The van der Waals surface area contributed by atoms with Crippen molar-refractivity contribution >= 4 is 15.8 Å². The summed E-state index contributed by atoms with van der Waals surface area (Å²) in [6, 6.07) is -0.847. The lowest BCUT2D eigenvalue weighted by atomic mass is 10.2. The Morgan fingerprint density at radius 1 is 1.69 bits per heavy atom. The van der Waals surface area contributed by atoms with Gasteiger partial charge in [0.1, 0.15) is 6.04 Å². The van der Waals surface area contributed by atoms with E-state index >= 15 is 0 Å². The quantitative estimate of drug-likeness (QED) is 0.649. The van der Waals surface area contributed by atoms with Gasteiger partial charge >= 0.3 is 5.97 Å². The molecule has 8 heteroatoms. The van der Waals surface area contributed by atoms with Crippen LogP contribution in [0.4, 0.5) is 0 Å². The number of H-pyrrole nitrogens is 1. The Morgan fingerprint density at radius 2 is 2.31 bits per heavy atom. The van der Waals surface area contributed by atoms with Crippen LogP contribution < -0.4 is 5.73 Å². The molecule has 0 spiro atoms. The fourth-order valence-corrected chi connectivity index (χ4v) is 1.65. The average molecular weight is 247 g/mol. The molecule has 3 N–H and O–H groups in total. The number of nitrogens with zero attached hydrogens (tertiary/aromatic N) is 1. The highest BCUT2D eigenvalue weighted by Gasteiger charge is 2.18. The number of carbonyl (C=O) groups excluding carboxylic acids is 1. The van der Waals surface area contributed by atoms with E-state index in [2.05, 4.69) is 14.7 Å². The number of imidazole rings is 1. The smallest absolute Gasteiger partial charge is 0.323 e. The standard InChI is InChI=1S/C8H13N3O4S/c1-15-7(12)6(9)3-5-4-10-8(11-5)16(2,13)14/h4,6H,3,9H2,1-2H3,(H,10,11)/t6-/m0/s1. The third-order valence-electron chi connectivity index (χ3n) is 1.89. The Balaban J connectivity index is 2.77. The summed E-state index contributed by atoms with van der Waals surface area (Å²) in [6.45, 7) is 0. The van der Waals surface area contributed by atoms with Crippen molar-refractivity contribution in [2.75, 3.05) is 13.4 Å². The Hall–Kier alpha value is -1.41. The fraction of sp³-hybridized carbons (Fsp3) is 0.500. The Labute approximate surface area is 92.9 Å². The highest BCUT2D eigenvalue weighted by atomic mass is 32.2. The molecule has 0 aliphatic carbocycles. The summed E-state index contributed by atoms with van der Waals surface area (Å²) in [7, 11) is -2.14. The van der Waals surface area contributed by atoms with Gasteiger partial charge in [0.15, 0.2) is 0 Å². The van der Waals surface area contributed by atoms with Gasteiger partial charge in [0.25, 0.3) is 0 Å². The number of sulfone groups is 1. The van der Waals surface area contributed by atoms with Gasteiger partial charge in [-0.05, 0) is 0 Å². The number of carbonyl (C=O) groups is 1. The summed E-state index contributed by atoms with van der Waals surface area (Å²) in [5.41, 5.74) is 5.90. The van der Waals surface area contributed by atoms with Crippen molar-refractivity contribution in [2.45, 2.75) is 17.6 Å². The number of hydrogen-bond donors (Lipinski definition) is 2. The zero-order valence-corrected chi connectivity index (χ0v) is 9.74. The van der Waals surface area contributed by atoms with Crippen LogP contribution in [-0.2, 0) is 25.8 Å². The fourth-order valence-electron chi connectivity index (χ4n) is 1.09. The van der Waals surface area contributed by atoms with Gasteiger partial charge in [-0.1, -0.05) is 0 Å². The number of nitrogens with two attached hydrogens (primary N) is 1. The largest absolute Gasteiger partial charge is 0.468 e. The second-order valence-corrected chi connectivity index (χ2v) is 5.23. The molecule has 0 unspecified atom stereocenters. The highest BCUT2D eigenvalue weighted by molar-refractivity contribution is 7.90. The predicted molar refractivity (Wildman–Crippen MR) is 55.4 cm³/mol. The minimum Gasteiger partial charge on any atom is -0.468 e. The number of methoxy groups -OCH3 is 1. The molecule has 90 valence electrons. The van der Waals surface area contributed by atoms with E-state index in [9.17, 15) is 13.2 Å². The highest BCUT2D eigenvalue weighted by Crippen LogP contribution is 2.06. The molecule has 0 radical (unpaired) electrons. The Morgan fingerprint density at radius 3 is 2.75 bits per heavy atom. The van der Waals surface area contributed by atoms with Gasteiger partial charge < -0.3 is 15.5 Å². The second kappa shape index (κ2) is 4.62. The maximum Gasteiger partial charge on any atom is 0.323 e. The first-order chi connectivity index (χ1) is 7.34. The topological polar surface area (TPSA) is 115 Å². The van der Waals surface area contributed by atoms with E-state index in [1.54, 1.807) is 0 Å². The molecule has 0 aliphatic rings. The molecule has 1 atom stereocenters. The van der Waals surface area contributed by atoms with Crippen LogP contribution in [0.25, 0.3) is 0 Å². The summed E-state index contributed by atoms with van der Waals surface area (Å²) >= 11 is 0. The second-order valence-electron chi connectivity index (χ2n) is 3.30. The van der Waals surface area contributed by atoms with Crippen LogP contribution in [0.3, 0.4) is 0 Å². The maximum atomic E-state index is 11.1. The van der Waals surface area contributed by atoms with Crippen LogP contribution in [-0.4, -0.2) is 43.8 Å². The molecular weight excluding hydrogens is 234 g/mol. The Kier molecular flexibility index (Phi) is 3.66. The molecule has 0 amide bonds. The molecule has 7 nitrogen and oxygen atoms in total. The van der Waals surface area contributed by atoms with E-state index in [0.717, 1.165) is 6.26 Å². The van der Waals surface area contributed by atoms with Crippen molar-refractivity contribution in [3.63, 3.8) is 0 Å². The average Bonchev–Trinajstić information content (AvgIpc) is 2.64. The van der Waals surface area contributed by atoms with Gasteiger partial charge in [0.2, 0.25) is 15.0 Å². The number of ether oxygens (including phenoxy) is 1. The first-order valence-electron chi connectivity index (χ1n) is 4.42. The maximum absolute atomic E-state index is 11.1. The molecule has 1 aromatic rings. The molecule has 0 aromatic carbocycles. The van der Waals surface area contributed by atoms with E-state index in [1.165, 1.54) is 13.3 Å². The number of rotatable bonds is 4.